The molecule has 1 amide bonds. The SMILES string of the molecule is CC(C)(C(=O)O)c1ccc(NC(=O)CC2CCCO2)cc1. The molecule has 0 bridgehead atoms. The average molecular weight is 291 g/mol. The van der Waals surface area contributed by atoms with Crippen molar-refractivity contribution >= 4 is 17.6 Å². The third-order valence-corrected chi connectivity index (χ3v) is 3.86. The van der Waals surface area contributed by atoms with Crippen molar-refractivity contribution in [2.45, 2.75) is 44.6 Å². The normalized spacial score (nSPS) is 18.5. The minimum atomic E-state index is -0.944. The number of ether oxygens (including phenoxy) is 1. The van der Waals surface area contributed by atoms with Crippen LogP contribution in [0.4, 0.5) is 5.69 Å². The lowest BCUT2D eigenvalue weighted by atomic mass is 9.85. The van der Waals surface area contributed by atoms with E-state index in [0.717, 1.165) is 19.4 Å². The largest absolute Gasteiger partial charge is 0.481 e. The molecule has 0 saturated carbocycles. The van der Waals surface area contributed by atoms with E-state index in [1.807, 2.05) is 0 Å². The van der Waals surface area contributed by atoms with Crippen molar-refractivity contribution in [3.63, 3.8) is 0 Å². The van der Waals surface area contributed by atoms with Crippen LogP contribution in [0.1, 0.15) is 38.7 Å². The molecule has 5 nitrogen and oxygen atoms in total. The third-order valence-electron chi connectivity index (χ3n) is 3.86. The molecular formula is C16H21NO4. The van der Waals surface area contributed by atoms with Gasteiger partial charge in [-0.05, 0) is 44.4 Å². The number of nitrogens with one attached hydrogen (secondary N) is 1. The molecule has 1 heterocycles. The van der Waals surface area contributed by atoms with E-state index in [2.05, 4.69) is 5.32 Å². The van der Waals surface area contributed by atoms with Crippen LogP contribution in [0, 0.1) is 0 Å². The second kappa shape index (κ2) is 6.26. The highest BCUT2D eigenvalue weighted by Gasteiger charge is 2.29. The number of hydrogen-bond donors (Lipinski definition) is 2. The summed E-state index contributed by atoms with van der Waals surface area (Å²) < 4.78 is 5.43. The van der Waals surface area contributed by atoms with Gasteiger partial charge in [0.15, 0.2) is 0 Å². The number of carboxylic acid groups (broad SMARTS) is 1. The first-order valence-corrected chi connectivity index (χ1v) is 7.15. The van der Waals surface area contributed by atoms with Gasteiger partial charge in [0, 0.05) is 12.3 Å². The summed E-state index contributed by atoms with van der Waals surface area (Å²) in [4.78, 5) is 23.1. The second-order valence-electron chi connectivity index (χ2n) is 5.89. The number of carbonyl (C=O) groups excluding carboxylic acids is 1. The summed E-state index contributed by atoms with van der Waals surface area (Å²) in [5.74, 6) is -0.954. The highest BCUT2D eigenvalue weighted by atomic mass is 16.5. The summed E-state index contributed by atoms with van der Waals surface area (Å²) in [5, 5.41) is 12.0. The van der Waals surface area contributed by atoms with E-state index in [4.69, 9.17) is 4.74 Å². The molecule has 1 aliphatic heterocycles. The van der Waals surface area contributed by atoms with E-state index < -0.39 is 11.4 Å². The number of aliphatic carboxylic acids is 1. The molecule has 0 spiro atoms. The Kier molecular flexibility index (Phi) is 4.63. The maximum absolute atomic E-state index is 11.9. The molecular weight excluding hydrogens is 270 g/mol. The smallest absolute Gasteiger partial charge is 0.313 e. The molecule has 2 N–H and O–H groups in total. The molecule has 0 aromatic heterocycles. The lowest BCUT2D eigenvalue weighted by molar-refractivity contribution is -0.142. The third kappa shape index (κ3) is 3.82. The number of rotatable bonds is 5. The van der Waals surface area contributed by atoms with Crippen molar-refractivity contribution < 1.29 is 19.4 Å². The van der Waals surface area contributed by atoms with Crippen LogP contribution in [-0.2, 0) is 19.7 Å². The molecule has 5 heteroatoms. The van der Waals surface area contributed by atoms with Gasteiger partial charge in [-0.1, -0.05) is 12.1 Å². The van der Waals surface area contributed by atoms with Gasteiger partial charge in [-0.2, -0.15) is 0 Å². The predicted octanol–water partition coefficient (Wildman–Crippen LogP) is 2.56. The number of anilines is 1. The molecule has 1 unspecified atom stereocenters. The first kappa shape index (κ1) is 15.5. The van der Waals surface area contributed by atoms with Crippen LogP contribution in [0.3, 0.4) is 0 Å². The van der Waals surface area contributed by atoms with Crippen LogP contribution in [-0.4, -0.2) is 29.7 Å². The maximum atomic E-state index is 11.9. The zero-order valence-electron chi connectivity index (χ0n) is 12.4. The van der Waals surface area contributed by atoms with Crippen LogP contribution in [0.25, 0.3) is 0 Å². The standard InChI is InChI=1S/C16H21NO4/c1-16(2,15(19)20)11-5-7-12(8-6-11)17-14(18)10-13-4-3-9-21-13/h5-8,13H,3-4,9-10H2,1-2H3,(H,17,18)(H,19,20). The summed E-state index contributed by atoms with van der Waals surface area (Å²) in [5.41, 5.74) is 0.426. The van der Waals surface area contributed by atoms with Gasteiger partial charge in [-0.25, -0.2) is 0 Å². The Balaban J connectivity index is 1.96. The number of benzene rings is 1. The summed E-state index contributed by atoms with van der Waals surface area (Å²) in [7, 11) is 0. The highest BCUT2D eigenvalue weighted by Crippen LogP contribution is 2.25. The Morgan fingerprint density at radius 2 is 2.00 bits per heavy atom. The molecule has 0 radical (unpaired) electrons. The van der Waals surface area contributed by atoms with Gasteiger partial charge in [-0.15, -0.1) is 0 Å². The number of amides is 1. The maximum Gasteiger partial charge on any atom is 0.313 e. The van der Waals surface area contributed by atoms with Gasteiger partial charge in [0.2, 0.25) is 5.91 Å². The quantitative estimate of drug-likeness (QED) is 0.874. The average Bonchev–Trinajstić information content (AvgIpc) is 2.91. The lowest BCUT2D eigenvalue weighted by Gasteiger charge is -2.20. The monoisotopic (exact) mass is 291 g/mol. The van der Waals surface area contributed by atoms with Gasteiger partial charge >= 0.3 is 5.97 Å². The fourth-order valence-corrected chi connectivity index (χ4v) is 2.32. The fraction of sp³-hybridized carbons (Fsp3) is 0.500. The second-order valence-corrected chi connectivity index (χ2v) is 5.89. The van der Waals surface area contributed by atoms with Crippen LogP contribution < -0.4 is 5.32 Å². The van der Waals surface area contributed by atoms with Crippen LogP contribution >= 0.6 is 0 Å². The Labute approximate surface area is 124 Å². The first-order chi connectivity index (χ1) is 9.89. The van der Waals surface area contributed by atoms with Crippen LogP contribution in [0.15, 0.2) is 24.3 Å². The van der Waals surface area contributed by atoms with Crippen molar-refractivity contribution in [1.29, 1.82) is 0 Å². The Hall–Kier alpha value is -1.88. The summed E-state index contributed by atoms with van der Waals surface area (Å²) in [6, 6.07) is 6.92. The van der Waals surface area contributed by atoms with Gasteiger partial charge < -0.3 is 15.2 Å². The van der Waals surface area contributed by atoms with Crippen molar-refractivity contribution in [3.05, 3.63) is 29.8 Å². The molecule has 1 aromatic rings. The Bertz CT molecular complexity index is 516. The van der Waals surface area contributed by atoms with Gasteiger partial charge in [0.1, 0.15) is 0 Å². The van der Waals surface area contributed by atoms with Crippen molar-refractivity contribution in [1.82, 2.24) is 0 Å². The van der Waals surface area contributed by atoms with E-state index in [9.17, 15) is 14.7 Å². The molecule has 2 rings (SSSR count). The number of carboxylic acids is 1. The summed E-state index contributed by atoms with van der Waals surface area (Å²) in [6.07, 6.45) is 2.33. The highest BCUT2D eigenvalue weighted by molar-refractivity contribution is 5.91. The van der Waals surface area contributed by atoms with Crippen molar-refractivity contribution in [3.8, 4) is 0 Å². The molecule has 1 aromatic carbocycles. The molecule has 1 fully saturated rings. The van der Waals surface area contributed by atoms with E-state index in [0.29, 0.717) is 17.7 Å². The predicted molar refractivity (Wildman–Crippen MR) is 79.3 cm³/mol. The van der Waals surface area contributed by atoms with Crippen LogP contribution in [0.2, 0.25) is 0 Å². The van der Waals surface area contributed by atoms with E-state index >= 15 is 0 Å². The minimum Gasteiger partial charge on any atom is -0.481 e. The first-order valence-electron chi connectivity index (χ1n) is 7.15. The molecule has 0 aliphatic carbocycles. The molecule has 21 heavy (non-hydrogen) atoms. The van der Waals surface area contributed by atoms with Crippen molar-refractivity contribution in [2.75, 3.05) is 11.9 Å². The topological polar surface area (TPSA) is 75.6 Å². The zero-order chi connectivity index (χ0) is 15.5. The lowest BCUT2D eigenvalue weighted by Crippen LogP contribution is -2.28. The van der Waals surface area contributed by atoms with E-state index in [-0.39, 0.29) is 12.0 Å². The minimum absolute atomic E-state index is 0.0233. The Morgan fingerprint density at radius 3 is 2.52 bits per heavy atom. The van der Waals surface area contributed by atoms with Crippen LogP contribution in [0.5, 0.6) is 0 Å². The van der Waals surface area contributed by atoms with E-state index in [1.54, 1.807) is 38.1 Å². The zero-order valence-corrected chi connectivity index (χ0v) is 12.4. The molecule has 1 atom stereocenters. The van der Waals surface area contributed by atoms with Gasteiger partial charge in [0.25, 0.3) is 0 Å². The van der Waals surface area contributed by atoms with E-state index in [1.165, 1.54) is 0 Å². The van der Waals surface area contributed by atoms with Gasteiger partial charge in [0.05, 0.1) is 17.9 Å². The number of hydrogen-bond acceptors (Lipinski definition) is 3. The fourth-order valence-electron chi connectivity index (χ4n) is 2.32. The summed E-state index contributed by atoms with van der Waals surface area (Å²) >= 11 is 0. The molecule has 1 saturated heterocycles. The molecule has 1 aliphatic rings. The summed E-state index contributed by atoms with van der Waals surface area (Å²) in [6.45, 7) is 4.04. The van der Waals surface area contributed by atoms with Gasteiger partial charge in [-0.3, -0.25) is 9.59 Å². The number of carbonyl (C=O) groups is 2. The molecule has 114 valence electrons. The Morgan fingerprint density at radius 1 is 1.33 bits per heavy atom. The van der Waals surface area contributed by atoms with Crippen molar-refractivity contribution in [2.24, 2.45) is 0 Å².